The van der Waals surface area contributed by atoms with E-state index in [0.717, 1.165) is 45.6 Å². The van der Waals surface area contributed by atoms with Crippen LogP contribution in [0.5, 0.6) is 0 Å². The molecule has 1 atom stereocenters. The van der Waals surface area contributed by atoms with E-state index in [0.29, 0.717) is 5.56 Å². The van der Waals surface area contributed by atoms with Gasteiger partial charge in [-0.3, -0.25) is 9.69 Å². The van der Waals surface area contributed by atoms with E-state index in [1.807, 2.05) is 4.90 Å². The van der Waals surface area contributed by atoms with Crippen LogP contribution in [0.4, 0.5) is 17.6 Å². The van der Waals surface area contributed by atoms with Crippen LogP contribution >= 0.6 is 0 Å². The SMILES string of the molecule is COCCN1CCC12CCN(C(=O)c1cccc(F)c1)C2.O=C(O)C(F)(F)F. The van der Waals surface area contributed by atoms with Gasteiger partial charge in [0.2, 0.25) is 0 Å². The zero-order valence-corrected chi connectivity index (χ0v) is 15.3. The molecule has 2 aliphatic heterocycles. The van der Waals surface area contributed by atoms with Crippen LogP contribution in [-0.4, -0.2) is 78.4 Å². The topological polar surface area (TPSA) is 70.1 Å². The molecule has 3 rings (SSSR count). The van der Waals surface area contributed by atoms with Crippen LogP contribution in [0.2, 0.25) is 0 Å². The van der Waals surface area contributed by atoms with Crippen molar-refractivity contribution in [3.63, 3.8) is 0 Å². The Morgan fingerprint density at radius 2 is 1.89 bits per heavy atom. The Morgan fingerprint density at radius 1 is 1.25 bits per heavy atom. The Balaban J connectivity index is 0.000000345. The molecule has 2 aliphatic rings. The number of alkyl halides is 3. The first kappa shape index (κ1) is 22.1. The van der Waals surface area contributed by atoms with E-state index >= 15 is 0 Å². The monoisotopic (exact) mass is 406 g/mol. The third-order valence-electron chi connectivity index (χ3n) is 5.02. The molecular weight excluding hydrogens is 384 g/mol. The third kappa shape index (κ3) is 5.20. The fourth-order valence-corrected chi connectivity index (χ4v) is 3.43. The van der Waals surface area contributed by atoms with Crippen LogP contribution in [-0.2, 0) is 9.53 Å². The van der Waals surface area contributed by atoms with Gasteiger partial charge in [0.1, 0.15) is 5.82 Å². The molecule has 1 spiro atoms. The van der Waals surface area contributed by atoms with E-state index in [1.54, 1.807) is 19.2 Å². The van der Waals surface area contributed by atoms with E-state index in [-0.39, 0.29) is 17.3 Å². The number of hydrogen-bond donors (Lipinski definition) is 1. The van der Waals surface area contributed by atoms with Gasteiger partial charge in [0.15, 0.2) is 0 Å². The molecule has 10 heteroatoms. The standard InChI is InChI=1S/C16H21FN2O2.C2HF3O2/c1-21-10-9-19-8-6-16(19)5-7-18(12-16)15(20)13-3-2-4-14(17)11-13;3-2(4,5)1(6)7/h2-4,11H,5-10,12H2,1H3;(H,6,7). The molecule has 28 heavy (non-hydrogen) atoms. The summed E-state index contributed by atoms with van der Waals surface area (Å²) in [6.07, 6.45) is -2.96. The molecule has 0 radical (unpaired) electrons. The van der Waals surface area contributed by atoms with Gasteiger partial charge in [0.05, 0.1) is 6.61 Å². The van der Waals surface area contributed by atoms with Gasteiger partial charge in [-0.2, -0.15) is 13.2 Å². The summed E-state index contributed by atoms with van der Waals surface area (Å²) in [5, 5.41) is 7.12. The normalized spacial score (nSPS) is 21.8. The molecule has 0 saturated carbocycles. The maximum absolute atomic E-state index is 13.3. The summed E-state index contributed by atoms with van der Waals surface area (Å²) in [7, 11) is 1.71. The number of carbonyl (C=O) groups is 2. The predicted octanol–water partition coefficient (Wildman–Crippen LogP) is 2.40. The average molecular weight is 406 g/mol. The number of benzene rings is 1. The van der Waals surface area contributed by atoms with Crippen molar-refractivity contribution in [2.75, 3.05) is 39.9 Å². The van der Waals surface area contributed by atoms with Crippen molar-refractivity contribution >= 4 is 11.9 Å². The summed E-state index contributed by atoms with van der Waals surface area (Å²) in [6.45, 7) is 4.20. The van der Waals surface area contributed by atoms with Crippen LogP contribution in [0.25, 0.3) is 0 Å². The lowest BCUT2D eigenvalue weighted by Crippen LogP contribution is -2.62. The number of hydrogen-bond acceptors (Lipinski definition) is 4. The first-order chi connectivity index (χ1) is 13.1. The van der Waals surface area contributed by atoms with Crippen molar-refractivity contribution in [3.05, 3.63) is 35.6 Å². The first-order valence-corrected chi connectivity index (χ1v) is 8.68. The highest BCUT2D eigenvalue weighted by atomic mass is 19.4. The summed E-state index contributed by atoms with van der Waals surface area (Å²) in [4.78, 5) is 25.6. The fraction of sp³-hybridized carbons (Fsp3) is 0.556. The van der Waals surface area contributed by atoms with Crippen molar-refractivity contribution in [3.8, 4) is 0 Å². The Bertz CT molecular complexity index is 713. The predicted molar refractivity (Wildman–Crippen MR) is 91.4 cm³/mol. The molecule has 156 valence electrons. The summed E-state index contributed by atoms with van der Waals surface area (Å²) >= 11 is 0. The Kier molecular flexibility index (Phi) is 7.00. The van der Waals surface area contributed by atoms with Gasteiger partial charge in [0, 0.05) is 44.4 Å². The molecule has 2 heterocycles. The second-order valence-corrected chi connectivity index (χ2v) is 6.74. The number of aliphatic carboxylic acids is 1. The Hall–Kier alpha value is -2.20. The highest BCUT2D eigenvalue weighted by Gasteiger charge is 2.49. The summed E-state index contributed by atoms with van der Waals surface area (Å²) in [5.74, 6) is -3.18. The highest BCUT2D eigenvalue weighted by molar-refractivity contribution is 5.94. The number of nitrogens with zero attached hydrogens (tertiary/aromatic N) is 2. The Labute approximate surface area is 159 Å². The van der Waals surface area contributed by atoms with Crippen molar-refractivity contribution in [1.82, 2.24) is 9.80 Å². The van der Waals surface area contributed by atoms with E-state index < -0.39 is 12.1 Å². The van der Waals surface area contributed by atoms with Gasteiger partial charge in [-0.05, 0) is 31.0 Å². The van der Waals surface area contributed by atoms with Crippen LogP contribution in [0.15, 0.2) is 24.3 Å². The smallest absolute Gasteiger partial charge is 0.475 e. The average Bonchev–Trinajstić information content (AvgIpc) is 3.08. The molecule has 2 saturated heterocycles. The number of ether oxygens (including phenoxy) is 1. The van der Waals surface area contributed by atoms with Gasteiger partial charge in [-0.25, -0.2) is 9.18 Å². The maximum atomic E-state index is 13.3. The van der Waals surface area contributed by atoms with E-state index in [4.69, 9.17) is 14.6 Å². The number of carboxylic acid groups (broad SMARTS) is 1. The van der Waals surface area contributed by atoms with Crippen molar-refractivity contribution in [2.45, 2.75) is 24.6 Å². The molecule has 2 fully saturated rings. The summed E-state index contributed by atoms with van der Waals surface area (Å²) < 4.78 is 50.1. The number of amides is 1. The molecule has 1 unspecified atom stereocenters. The maximum Gasteiger partial charge on any atom is 0.490 e. The molecule has 0 aliphatic carbocycles. The largest absolute Gasteiger partial charge is 0.490 e. The molecule has 0 aromatic heterocycles. The molecule has 6 nitrogen and oxygen atoms in total. The van der Waals surface area contributed by atoms with Gasteiger partial charge in [0.25, 0.3) is 5.91 Å². The van der Waals surface area contributed by atoms with Crippen molar-refractivity contribution < 1.29 is 37.0 Å². The number of carbonyl (C=O) groups excluding carboxylic acids is 1. The molecule has 1 aromatic rings. The van der Waals surface area contributed by atoms with Crippen LogP contribution < -0.4 is 0 Å². The van der Waals surface area contributed by atoms with Crippen LogP contribution in [0.1, 0.15) is 23.2 Å². The number of carboxylic acids is 1. The van der Waals surface area contributed by atoms with Gasteiger partial charge < -0.3 is 14.7 Å². The molecule has 1 aromatic carbocycles. The van der Waals surface area contributed by atoms with E-state index in [2.05, 4.69) is 4.90 Å². The lowest BCUT2D eigenvalue weighted by Gasteiger charge is -2.50. The Morgan fingerprint density at radius 3 is 2.39 bits per heavy atom. The van der Waals surface area contributed by atoms with E-state index in [1.165, 1.54) is 12.1 Å². The minimum atomic E-state index is -5.08. The zero-order valence-electron chi connectivity index (χ0n) is 15.3. The minimum Gasteiger partial charge on any atom is -0.475 e. The van der Waals surface area contributed by atoms with Crippen molar-refractivity contribution in [2.24, 2.45) is 0 Å². The molecule has 1 amide bonds. The number of halogens is 4. The summed E-state index contributed by atoms with van der Waals surface area (Å²) in [6, 6.07) is 5.94. The van der Waals surface area contributed by atoms with E-state index in [9.17, 15) is 22.4 Å². The summed E-state index contributed by atoms with van der Waals surface area (Å²) in [5.41, 5.74) is 0.566. The molecular formula is C18H22F4N2O4. The van der Waals surface area contributed by atoms with Crippen LogP contribution in [0.3, 0.4) is 0 Å². The lowest BCUT2D eigenvalue weighted by atomic mass is 9.84. The van der Waals surface area contributed by atoms with Crippen LogP contribution in [0, 0.1) is 5.82 Å². The third-order valence-corrected chi connectivity index (χ3v) is 5.02. The second kappa shape index (κ2) is 8.87. The second-order valence-electron chi connectivity index (χ2n) is 6.74. The first-order valence-electron chi connectivity index (χ1n) is 8.68. The quantitative estimate of drug-likeness (QED) is 0.778. The fourth-order valence-electron chi connectivity index (χ4n) is 3.43. The molecule has 1 N–H and O–H groups in total. The number of rotatable bonds is 4. The van der Waals surface area contributed by atoms with Gasteiger partial charge in [-0.1, -0.05) is 6.07 Å². The zero-order chi connectivity index (χ0) is 20.9. The van der Waals surface area contributed by atoms with Crippen molar-refractivity contribution in [1.29, 1.82) is 0 Å². The number of likely N-dealkylation sites (tertiary alicyclic amines) is 2. The molecule has 0 bridgehead atoms. The van der Waals surface area contributed by atoms with Gasteiger partial charge in [-0.15, -0.1) is 0 Å². The lowest BCUT2D eigenvalue weighted by molar-refractivity contribution is -0.192. The van der Waals surface area contributed by atoms with Gasteiger partial charge >= 0.3 is 12.1 Å². The highest BCUT2D eigenvalue weighted by Crippen LogP contribution is 2.39. The number of methoxy groups -OCH3 is 1. The minimum absolute atomic E-state index is 0.0648.